The summed E-state index contributed by atoms with van der Waals surface area (Å²) in [6, 6.07) is 5.33. The van der Waals surface area contributed by atoms with E-state index in [0.717, 1.165) is 30.5 Å². The van der Waals surface area contributed by atoms with E-state index in [1.807, 2.05) is 6.07 Å². The molecule has 3 nitrogen and oxygen atoms in total. The van der Waals surface area contributed by atoms with Crippen LogP contribution in [0.3, 0.4) is 0 Å². The fourth-order valence-corrected chi connectivity index (χ4v) is 3.06. The van der Waals surface area contributed by atoms with Crippen molar-refractivity contribution in [2.45, 2.75) is 31.6 Å². The van der Waals surface area contributed by atoms with Gasteiger partial charge in [-0.25, -0.2) is 4.68 Å². The molecule has 1 saturated carbocycles. The zero-order valence-corrected chi connectivity index (χ0v) is 12.4. The largest absolute Gasteiger partial charge is 0.298 e. The van der Waals surface area contributed by atoms with Crippen LogP contribution >= 0.6 is 23.2 Å². The highest BCUT2D eigenvalue weighted by molar-refractivity contribution is 6.42. The third-order valence-electron chi connectivity index (χ3n) is 3.81. The van der Waals surface area contributed by atoms with Crippen LogP contribution in [0.2, 0.25) is 10.0 Å². The van der Waals surface area contributed by atoms with Gasteiger partial charge in [-0.15, -0.1) is 0 Å². The van der Waals surface area contributed by atoms with Gasteiger partial charge in [0, 0.05) is 12.1 Å². The van der Waals surface area contributed by atoms with Gasteiger partial charge in [-0.1, -0.05) is 36.0 Å². The lowest BCUT2D eigenvalue weighted by molar-refractivity contribution is 0.112. The summed E-state index contributed by atoms with van der Waals surface area (Å²) in [7, 11) is 0. The highest BCUT2D eigenvalue weighted by Gasteiger charge is 2.23. The molecule has 0 bridgehead atoms. The summed E-state index contributed by atoms with van der Waals surface area (Å²) in [6.07, 6.45) is 7.29. The van der Waals surface area contributed by atoms with Crippen LogP contribution in [-0.4, -0.2) is 16.1 Å². The fraction of sp³-hybridized carbons (Fsp3) is 0.333. The second-order valence-electron chi connectivity index (χ2n) is 5.11. The normalized spacial score (nSPS) is 15.7. The van der Waals surface area contributed by atoms with Crippen molar-refractivity contribution >= 4 is 29.5 Å². The minimum atomic E-state index is 0.402. The topological polar surface area (TPSA) is 34.9 Å². The number of hydrogen-bond acceptors (Lipinski definition) is 2. The summed E-state index contributed by atoms with van der Waals surface area (Å²) >= 11 is 11.9. The molecule has 0 aliphatic heterocycles. The predicted octanol–water partition coefficient (Wildman–Crippen LogP) is 4.65. The Kier molecular flexibility index (Phi) is 3.81. The summed E-state index contributed by atoms with van der Waals surface area (Å²) < 4.78 is 1.71. The van der Waals surface area contributed by atoms with E-state index in [4.69, 9.17) is 23.2 Å². The molecule has 0 N–H and O–H groups in total. The molecular formula is C15H14Cl2N2O. The molecule has 0 radical (unpaired) electrons. The molecule has 1 fully saturated rings. The highest BCUT2D eigenvalue weighted by atomic mass is 35.5. The van der Waals surface area contributed by atoms with Crippen molar-refractivity contribution in [2.24, 2.45) is 0 Å². The van der Waals surface area contributed by atoms with E-state index in [-0.39, 0.29) is 0 Å². The van der Waals surface area contributed by atoms with E-state index in [0.29, 0.717) is 21.5 Å². The molecule has 1 heterocycles. The van der Waals surface area contributed by atoms with Crippen molar-refractivity contribution in [3.8, 4) is 5.69 Å². The molecule has 2 aromatic rings. The van der Waals surface area contributed by atoms with E-state index in [2.05, 4.69) is 5.10 Å². The minimum absolute atomic E-state index is 0.402. The van der Waals surface area contributed by atoms with E-state index < -0.39 is 0 Å². The first-order valence-corrected chi connectivity index (χ1v) is 7.45. The molecule has 1 aromatic carbocycles. The number of aromatic nitrogens is 2. The molecule has 104 valence electrons. The average Bonchev–Trinajstić information content (AvgIpc) is 3.09. The highest BCUT2D eigenvalue weighted by Crippen LogP contribution is 2.35. The van der Waals surface area contributed by atoms with Crippen molar-refractivity contribution in [3.05, 3.63) is 45.7 Å². The smallest absolute Gasteiger partial charge is 0.153 e. The van der Waals surface area contributed by atoms with Gasteiger partial charge in [0.2, 0.25) is 0 Å². The van der Waals surface area contributed by atoms with Gasteiger partial charge < -0.3 is 0 Å². The molecule has 3 rings (SSSR count). The quantitative estimate of drug-likeness (QED) is 0.774. The second-order valence-corrected chi connectivity index (χ2v) is 5.93. The molecule has 20 heavy (non-hydrogen) atoms. The van der Waals surface area contributed by atoms with Gasteiger partial charge in [0.1, 0.15) is 0 Å². The second kappa shape index (κ2) is 5.58. The lowest BCUT2D eigenvalue weighted by Crippen LogP contribution is -1.99. The van der Waals surface area contributed by atoms with Crippen molar-refractivity contribution in [2.75, 3.05) is 0 Å². The first-order chi connectivity index (χ1) is 9.69. The Balaban J connectivity index is 2.01. The summed E-state index contributed by atoms with van der Waals surface area (Å²) in [5, 5.41) is 5.58. The number of carbonyl (C=O) groups excluding carboxylic acids is 1. The van der Waals surface area contributed by atoms with Crippen LogP contribution in [0.1, 0.15) is 47.7 Å². The number of nitrogens with zero attached hydrogens (tertiary/aromatic N) is 2. The average molecular weight is 309 g/mol. The Hall–Kier alpha value is -1.32. The summed E-state index contributed by atoms with van der Waals surface area (Å²) in [4.78, 5) is 11.2. The standard InChI is InChI=1S/C15H14Cl2N2O/c16-13-6-5-12(7-14(13)17)19-8-11(9-20)15(18-19)10-3-1-2-4-10/h5-10H,1-4H2. The van der Waals surface area contributed by atoms with Gasteiger partial charge in [-0.3, -0.25) is 4.79 Å². The Morgan fingerprint density at radius 3 is 2.60 bits per heavy atom. The van der Waals surface area contributed by atoms with Gasteiger partial charge in [-0.05, 0) is 31.0 Å². The first-order valence-electron chi connectivity index (χ1n) is 6.69. The molecule has 0 atom stereocenters. The Morgan fingerprint density at radius 1 is 1.20 bits per heavy atom. The van der Waals surface area contributed by atoms with E-state index in [1.54, 1.807) is 23.0 Å². The summed E-state index contributed by atoms with van der Waals surface area (Å²) in [6.45, 7) is 0. The van der Waals surface area contributed by atoms with Crippen molar-refractivity contribution in [1.82, 2.24) is 9.78 Å². The fourth-order valence-electron chi connectivity index (χ4n) is 2.77. The molecular weight excluding hydrogens is 295 g/mol. The summed E-state index contributed by atoms with van der Waals surface area (Å²) in [5.41, 5.74) is 2.39. The minimum Gasteiger partial charge on any atom is -0.298 e. The van der Waals surface area contributed by atoms with Crippen LogP contribution < -0.4 is 0 Å². The maximum Gasteiger partial charge on any atom is 0.153 e. The lowest BCUT2D eigenvalue weighted by atomic mass is 10.0. The van der Waals surface area contributed by atoms with Crippen LogP contribution in [0.5, 0.6) is 0 Å². The molecule has 5 heteroatoms. The van der Waals surface area contributed by atoms with Crippen molar-refractivity contribution < 1.29 is 4.79 Å². The van der Waals surface area contributed by atoms with Gasteiger partial charge >= 0.3 is 0 Å². The van der Waals surface area contributed by atoms with Crippen LogP contribution in [0.25, 0.3) is 5.69 Å². The van der Waals surface area contributed by atoms with Crippen LogP contribution in [-0.2, 0) is 0 Å². The Labute approximate surface area is 127 Å². The van der Waals surface area contributed by atoms with Gasteiger partial charge in [0.25, 0.3) is 0 Å². The molecule has 1 aliphatic carbocycles. The number of rotatable bonds is 3. The SMILES string of the molecule is O=Cc1cn(-c2ccc(Cl)c(Cl)c2)nc1C1CCCC1. The molecule has 0 saturated heterocycles. The van der Waals surface area contributed by atoms with Gasteiger partial charge in [-0.2, -0.15) is 5.10 Å². The van der Waals surface area contributed by atoms with Gasteiger partial charge in [0.15, 0.2) is 6.29 Å². The maximum atomic E-state index is 11.2. The lowest BCUT2D eigenvalue weighted by Gasteiger charge is -2.06. The number of carbonyl (C=O) groups is 1. The van der Waals surface area contributed by atoms with Crippen LogP contribution in [0.15, 0.2) is 24.4 Å². The van der Waals surface area contributed by atoms with Crippen LogP contribution in [0.4, 0.5) is 0 Å². The van der Waals surface area contributed by atoms with Gasteiger partial charge in [0.05, 0.1) is 27.0 Å². The zero-order chi connectivity index (χ0) is 14.1. The van der Waals surface area contributed by atoms with E-state index in [9.17, 15) is 4.79 Å². The Bertz CT molecular complexity index is 645. The third-order valence-corrected chi connectivity index (χ3v) is 4.55. The van der Waals surface area contributed by atoms with Crippen molar-refractivity contribution in [1.29, 1.82) is 0 Å². The third kappa shape index (κ3) is 2.48. The molecule has 0 spiro atoms. The molecule has 0 amide bonds. The summed E-state index contributed by atoms with van der Waals surface area (Å²) in [5.74, 6) is 0.402. The zero-order valence-electron chi connectivity index (χ0n) is 10.9. The molecule has 1 aromatic heterocycles. The molecule has 0 unspecified atom stereocenters. The number of hydrogen-bond donors (Lipinski definition) is 0. The van der Waals surface area contributed by atoms with Crippen LogP contribution in [0, 0.1) is 0 Å². The van der Waals surface area contributed by atoms with Crippen molar-refractivity contribution in [3.63, 3.8) is 0 Å². The number of aldehydes is 1. The number of benzene rings is 1. The monoisotopic (exact) mass is 308 g/mol. The number of halogens is 2. The molecule has 1 aliphatic rings. The predicted molar refractivity (Wildman–Crippen MR) is 80.2 cm³/mol. The van der Waals surface area contributed by atoms with E-state index >= 15 is 0 Å². The maximum absolute atomic E-state index is 11.2. The Morgan fingerprint density at radius 2 is 1.95 bits per heavy atom. The first kappa shape index (κ1) is 13.7. The van der Waals surface area contributed by atoms with E-state index in [1.165, 1.54) is 12.8 Å².